The van der Waals surface area contributed by atoms with Gasteiger partial charge in [-0.1, -0.05) is 6.92 Å². The molecule has 1 unspecified atom stereocenters. The van der Waals surface area contributed by atoms with Crippen LogP contribution in [-0.2, 0) is 4.79 Å². The number of nitro benzene ring substituents is 1. The van der Waals surface area contributed by atoms with Gasteiger partial charge in [-0.15, -0.1) is 0 Å². The maximum atomic E-state index is 11.2. The van der Waals surface area contributed by atoms with E-state index >= 15 is 0 Å². The van der Waals surface area contributed by atoms with Gasteiger partial charge in [0.15, 0.2) is 0 Å². The second-order valence-electron chi connectivity index (χ2n) is 4.26. The van der Waals surface area contributed by atoms with Crippen LogP contribution in [0, 0.1) is 10.1 Å². The summed E-state index contributed by atoms with van der Waals surface area (Å²) in [5.74, 6) is -0.663. The van der Waals surface area contributed by atoms with Crippen molar-refractivity contribution in [2.24, 2.45) is 0 Å². The summed E-state index contributed by atoms with van der Waals surface area (Å²) in [6, 6.07) is 4.14. The molecule has 1 rings (SSSR count). The van der Waals surface area contributed by atoms with Crippen LogP contribution in [-0.4, -0.2) is 28.6 Å². The van der Waals surface area contributed by atoms with Gasteiger partial charge in [-0.3, -0.25) is 10.1 Å². The molecule has 1 aromatic carbocycles. The molecule has 0 aromatic heterocycles. The monoisotopic (exact) mass is 268 g/mol. The molecule has 0 aliphatic rings. The standard InChI is InChI=1S/C12H16N2O5/c1-4-12(2,11(15)16)13-9-7-8(19-3)5-6-10(9)14(17)18/h5-7,13H,4H2,1-3H3,(H,15,16). The zero-order chi connectivity index (χ0) is 14.6. The number of rotatable bonds is 6. The Morgan fingerprint density at radius 1 is 1.58 bits per heavy atom. The van der Waals surface area contributed by atoms with Crippen LogP contribution in [0.15, 0.2) is 18.2 Å². The number of hydrogen-bond acceptors (Lipinski definition) is 5. The summed E-state index contributed by atoms with van der Waals surface area (Å²) in [5, 5.41) is 22.8. The largest absolute Gasteiger partial charge is 0.497 e. The van der Waals surface area contributed by atoms with E-state index in [1.54, 1.807) is 6.92 Å². The minimum Gasteiger partial charge on any atom is -0.497 e. The minimum atomic E-state index is -1.28. The summed E-state index contributed by atoms with van der Waals surface area (Å²) in [6.07, 6.45) is 0.275. The second kappa shape index (κ2) is 5.55. The lowest BCUT2D eigenvalue weighted by Gasteiger charge is -2.25. The van der Waals surface area contributed by atoms with Gasteiger partial charge in [-0.05, 0) is 19.4 Å². The molecule has 0 aliphatic carbocycles. The van der Waals surface area contributed by atoms with Gasteiger partial charge in [-0.25, -0.2) is 4.79 Å². The third-order valence-corrected chi connectivity index (χ3v) is 2.99. The highest BCUT2D eigenvalue weighted by Crippen LogP contribution is 2.31. The van der Waals surface area contributed by atoms with Crippen LogP contribution in [0.5, 0.6) is 5.75 Å². The fraction of sp³-hybridized carbons (Fsp3) is 0.417. The Labute approximate surface area is 110 Å². The van der Waals surface area contributed by atoms with Crippen molar-refractivity contribution in [3.63, 3.8) is 0 Å². The molecule has 104 valence electrons. The summed E-state index contributed by atoms with van der Waals surface area (Å²) >= 11 is 0. The number of anilines is 1. The highest BCUT2D eigenvalue weighted by Gasteiger charge is 2.33. The molecule has 0 fully saturated rings. The molecule has 0 aliphatic heterocycles. The number of benzene rings is 1. The fourth-order valence-electron chi connectivity index (χ4n) is 1.49. The molecule has 0 amide bonds. The Morgan fingerprint density at radius 3 is 2.63 bits per heavy atom. The molecular weight excluding hydrogens is 252 g/mol. The average molecular weight is 268 g/mol. The Morgan fingerprint density at radius 2 is 2.21 bits per heavy atom. The molecule has 0 spiro atoms. The number of carboxylic acids is 1. The van der Waals surface area contributed by atoms with Gasteiger partial charge in [-0.2, -0.15) is 0 Å². The Bertz CT molecular complexity index is 503. The Kier molecular flexibility index (Phi) is 4.31. The molecule has 1 atom stereocenters. The smallest absolute Gasteiger partial charge is 0.329 e. The predicted molar refractivity (Wildman–Crippen MR) is 69.6 cm³/mol. The predicted octanol–water partition coefficient (Wildman–Crippen LogP) is 2.27. The first-order valence-electron chi connectivity index (χ1n) is 5.68. The highest BCUT2D eigenvalue weighted by atomic mass is 16.6. The molecule has 0 heterocycles. The fourth-order valence-corrected chi connectivity index (χ4v) is 1.49. The van der Waals surface area contributed by atoms with E-state index in [1.165, 1.54) is 32.2 Å². The quantitative estimate of drug-likeness (QED) is 0.606. The number of aliphatic carboxylic acids is 1. The van der Waals surface area contributed by atoms with Crippen molar-refractivity contribution in [1.29, 1.82) is 0 Å². The van der Waals surface area contributed by atoms with Crippen LogP contribution in [0.25, 0.3) is 0 Å². The van der Waals surface area contributed by atoms with Gasteiger partial charge < -0.3 is 15.2 Å². The van der Waals surface area contributed by atoms with Crippen LogP contribution >= 0.6 is 0 Å². The molecular formula is C12H16N2O5. The first-order chi connectivity index (χ1) is 8.84. The van der Waals surface area contributed by atoms with Gasteiger partial charge >= 0.3 is 5.97 Å². The van der Waals surface area contributed by atoms with E-state index < -0.39 is 16.4 Å². The number of methoxy groups -OCH3 is 1. The molecule has 19 heavy (non-hydrogen) atoms. The van der Waals surface area contributed by atoms with Crippen molar-refractivity contribution in [3.05, 3.63) is 28.3 Å². The van der Waals surface area contributed by atoms with Crippen LogP contribution in [0.2, 0.25) is 0 Å². The average Bonchev–Trinajstić information content (AvgIpc) is 2.37. The number of nitrogens with one attached hydrogen (secondary N) is 1. The first kappa shape index (κ1) is 14.7. The molecule has 0 radical (unpaired) electrons. The molecule has 0 saturated heterocycles. The van der Waals surface area contributed by atoms with Gasteiger partial charge in [0.05, 0.1) is 12.0 Å². The highest BCUT2D eigenvalue weighted by molar-refractivity contribution is 5.83. The first-order valence-corrected chi connectivity index (χ1v) is 5.68. The Balaban J connectivity index is 3.24. The van der Waals surface area contributed by atoms with Crippen molar-refractivity contribution in [2.75, 3.05) is 12.4 Å². The lowest BCUT2D eigenvalue weighted by molar-refractivity contribution is -0.384. The van der Waals surface area contributed by atoms with Crippen molar-refractivity contribution >= 4 is 17.3 Å². The SMILES string of the molecule is CCC(C)(Nc1cc(OC)ccc1[N+](=O)[O-])C(=O)O. The van der Waals surface area contributed by atoms with Crippen LogP contribution < -0.4 is 10.1 Å². The van der Waals surface area contributed by atoms with Gasteiger partial charge in [0, 0.05) is 12.1 Å². The van der Waals surface area contributed by atoms with E-state index in [-0.39, 0.29) is 17.8 Å². The summed E-state index contributed by atoms with van der Waals surface area (Å²) < 4.78 is 4.99. The summed E-state index contributed by atoms with van der Waals surface area (Å²) in [4.78, 5) is 21.6. The van der Waals surface area contributed by atoms with Gasteiger partial charge in [0.2, 0.25) is 0 Å². The van der Waals surface area contributed by atoms with Crippen molar-refractivity contribution in [2.45, 2.75) is 25.8 Å². The van der Waals surface area contributed by atoms with Crippen molar-refractivity contribution in [3.8, 4) is 5.75 Å². The van der Waals surface area contributed by atoms with Crippen LogP contribution in [0.3, 0.4) is 0 Å². The third kappa shape index (κ3) is 3.12. The van der Waals surface area contributed by atoms with Crippen molar-refractivity contribution in [1.82, 2.24) is 0 Å². The number of carbonyl (C=O) groups is 1. The van der Waals surface area contributed by atoms with E-state index in [4.69, 9.17) is 4.74 Å². The van der Waals surface area contributed by atoms with Gasteiger partial charge in [0.25, 0.3) is 5.69 Å². The maximum Gasteiger partial charge on any atom is 0.329 e. The molecule has 2 N–H and O–H groups in total. The normalized spacial score (nSPS) is 13.4. The topological polar surface area (TPSA) is 102 Å². The summed E-state index contributed by atoms with van der Waals surface area (Å²) in [5.41, 5.74) is -1.35. The number of nitrogens with zero attached hydrogens (tertiary/aromatic N) is 1. The van der Waals surface area contributed by atoms with E-state index in [1.807, 2.05) is 0 Å². The maximum absolute atomic E-state index is 11.2. The lowest BCUT2D eigenvalue weighted by atomic mass is 9.98. The third-order valence-electron chi connectivity index (χ3n) is 2.99. The van der Waals surface area contributed by atoms with E-state index in [0.717, 1.165) is 0 Å². The molecule has 1 aromatic rings. The summed E-state index contributed by atoms with van der Waals surface area (Å²) in [6.45, 7) is 3.16. The summed E-state index contributed by atoms with van der Waals surface area (Å²) in [7, 11) is 1.43. The zero-order valence-corrected chi connectivity index (χ0v) is 11.0. The van der Waals surface area contributed by atoms with E-state index in [0.29, 0.717) is 5.75 Å². The minimum absolute atomic E-state index is 0.121. The van der Waals surface area contributed by atoms with Gasteiger partial charge in [0.1, 0.15) is 17.0 Å². The van der Waals surface area contributed by atoms with E-state index in [2.05, 4.69) is 5.32 Å². The van der Waals surface area contributed by atoms with E-state index in [9.17, 15) is 20.0 Å². The molecule has 7 nitrogen and oxygen atoms in total. The van der Waals surface area contributed by atoms with Crippen LogP contribution in [0.1, 0.15) is 20.3 Å². The molecule has 0 saturated carbocycles. The number of carboxylic acid groups (broad SMARTS) is 1. The second-order valence-corrected chi connectivity index (χ2v) is 4.26. The molecule has 0 bridgehead atoms. The number of nitro groups is 1. The van der Waals surface area contributed by atoms with Crippen molar-refractivity contribution < 1.29 is 19.6 Å². The lowest BCUT2D eigenvalue weighted by Crippen LogP contribution is -2.42. The Hall–Kier alpha value is -2.31. The number of ether oxygens (including phenoxy) is 1. The zero-order valence-electron chi connectivity index (χ0n) is 11.0. The molecule has 7 heteroatoms. The van der Waals surface area contributed by atoms with Crippen LogP contribution in [0.4, 0.5) is 11.4 Å². The number of hydrogen-bond donors (Lipinski definition) is 2.